The molecule has 0 saturated carbocycles. The Morgan fingerprint density at radius 1 is 1.55 bits per heavy atom. The monoisotopic (exact) mass is 358 g/mol. The third kappa shape index (κ3) is 3.96. The van der Waals surface area contributed by atoms with E-state index in [2.05, 4.69) is 21.2 Å². The largest absolute Gasteiger partial charge is 0.339 e. The highest BCUT2D eigenvalue weighted by atomic mass is 79.9. The summed E-state index contributed by atoms with van der Waals surface area (Å²) < 4.78 is 0.876. The third-order valence-corrected chi connectivity index (χ3v) is 4.53. The first-order valence-electron chi connectivity index (χ1n) is 7.07. The fourth-order valence-corrected chi connectivity index (χ4v) is 3.14. The fourth-order valence-electron chi connectivity index (χ4n) is 2.58. The molecule has 0 radical (unpaired) electrons. The van der Waals surface area contributed by atoms with E-state index >= 15 is 0 Å². The van der Waals surface area contributed by atoms with Gasteiger partial charge >= 0.3 is 0 Å². The van der Waals surface area contributed by atoms with Gasteiger partial charge in [-0.1, -0.05) is 27.5 Å². The molecule has 1 aromatic rings. The van der Waals surface area contributed by atoms with E-state index in [9.17, 15) is 4.79 Å². The van der Waals surface area contributed by atoms with Crippen LogP contribution < -0.4 is 5.32 Å². The van der Waals surface area contributed by atoms with Crippen LogP contribution in [0.5, 0.6) is 0 Å². The van der Waals surface area contributed by atoms with Crippen molar-refractivity contribution in [3.8, 4) is 0 Å². The highest BCUT2D eigenvalue weighted by molar-refractivity contribution is 9.10. The zero-order valence-electron chi connectivity index (χ0n) is 11.7. The Bertz CT molecular complexity index is 475. The first-order chi connectivity index (χ1) is 9.61. The molecule has 5 heteroatoms. The molecule has 3 nitrogen and oxygen atoms in total. The molecule has 0 aliphatic carbocycles. The fraction of sp³-hybridized carbons (Fsp3) is 0.533. The van der Waals surface area contributed by atoms with Crippen LogP contribution in [0.4, 0.5) is 0 Å². The van der Waals surface area contributed by atoms with E-state index < -0.39 is 0 Å². The molecule has 1 aliphatic heterocycles. The Hall–Kier alpha value is -0.580. The van der Waals surface area contributed by atoms with Crippen LogP contribution in [0.3, 0.4) is 0 Å². The highest BCUT2D eigenvalue weighted by Crippen LogP contribution is 2.23. The number of carbonyl (C=O) groups excluding carboxylic acids is 1. The number of rotatable bonds is 4. The van der Waals surface area contributed by atoms with Crippen molar-refractivity contribution in [2.24, 2.45) is 5.92 Å². The molecule has 2 rings (SSSR count). The van der Waals surface area contributed by atoms with Crippen LogP contribution in [0.2, 0.25) is 5.02 Å². The Kier molecular flexibility index (Phi) is 5.87. The lowest BCUT2D eigenvalue weighted by atomic mass is 9.98. The van der Waals surface area contributed by atoms with Crippen molar-refractivity contribution in [3.05, 3.63) is 33.3 Å². The van der Waals surface area contributed by atoms with Gasteiger partial charge < -0.3 is 10.2 Å². The summed E-state index contributed by atoms with van der Waals surface area (Å²) in [7, 11) is 0. The summed E-state index contributed by atoms with van der Waals surface area (Å²) in [6.45, 7) is 5.60. The summed E-state index contributed by atoms with van der Waals surface area (Å²) in [4.78, 5) is 14.5. The molecule has 1 atom stereocenters. The van der Waals surface area contributed by atoms with E-state index in [0.717, 1.165) is 24.1 Å². The lowest BCUT2D eigenvalue weighted by Gasteiger charge is -2.29. The molecular formula is C15H20BrClN2O. The van der Waals surface area contributed by atoms with Crippen molar-refractivity contribution in [1.29, 1.82) is 0 Å². The normalized spacial score (nSPS) is 18.9. The van der Waals surface area contributed by atoms with Crippen molar-refractivity contribution >= 4 is 33.4 Å². The van der Waals surface area contributed by atoms with Gasteiger partial charge in [0.15, 0.2) is 0 Å². The van der Waals surface area contributed by atoms with Crippen LogP contribution in [-0.4, -0.2) is 37.0 Å². The van der Waals surface area contributed by atoms with E-state index in [1.54, 1.807) is 12.1 Å². The maximum absolute atomic E-state index is 12.6. The van der Waals surface area contributed by atoms with Gasteiger partial charge in [-0.15, -0.1) is 0 Å². The summed E-state index contributed by atoms with van der Waals surface area (Å²) in [6.07, 6.45) is 2.37. The summed E-state index contributed by atoms with van der Waals surface area (Å²) in [5.74, 6) is 0.558. The minimum absolute atomic E-state index is 0.0179. The second-order valence-corrected chi connectivity index (χ2v) is 6.50. The van der Waals surface area contributed by atoms with Crippen molar-refractivity contribution in [1.82, 2.24) is 10.2 Å². The first kappa shape index (κ1) is 15.8. The number of halogens is 2. The number of benzene rings is 1. The van der Waals surface area contributed by atoms with E-state index in [1.165, 1.54) is 12.8 Å². The molecule has 1 unspecified atom stereocenters. The van der Waals surface area contributed by atoms with Crippen LogP contribution in [0.1, 0.15) is 30.1 Å². The summed E-state index contributed by atoms with van der Waals surface area (Å²) >= 11 is 9.55. The minimum Gasteiger partial charge on any atom is -0.339 e. The number of nitrogens with one attached hydrogen (secondary N) is 1. The second kappa shape index (κ2) is 7.43. The summed E-state index contributed by atoms with van der Waals surface area (Å²) in [5.41, 5.74) is 0.576. The quantitative estimate of drug-likeness (QED) is 0.891. The molecule has 1 N–H and O–H groups in total. The third-order valence-electron chi connectivity index (χ3n) is 3.71. The molecule has 1 heterocycles. The van der Waals surface area contributed by atoms with Gasteiger partial charge in [-0.2, -0.15) is 0 Å². The Morgan fingerprint density at radius 3 is 3.00 bits per heavy atom. The Morgan fingerprint density at radius 2 is 2.35 bits per heavy atom. The zero-order chi connectivity index (χ0) is 14.5. The number of carbonyl (C=O) groups is 1. The Balaban J connectivity index is 2.09. The number of amides is 1. The van der Waals surface area contributed by atoms with Crippen LogP contribution >= 0.6 is 27.5 Å². The van der Waals surface area contributed by atoms with Crippen LogP contribution in [0.15, 0.2) is 22.7 Å². The van der Waals surface area contributed by atoms with Crippen LogP contribution in [0.25, 0.3) is 0 Å². The van der Waals surface area contributed by atoms with E-state index in [1.807, 2.05) is 17.9 Å². The molecule has 20 heavy (non-hydrogen) atoms. The van der Waals surface area contributed by atoms with Crippen molar-refractivity contribution in [2.75, 3.05) is 26.2 Å². The van der Waals surface area contributed by atoms with Gasteiger partial charge in [0, 0.05) is 17.6 Å². The van der Waals surface area contributed by atoms with Crippen molar-refractivity contribution < 1.29 is 4.79 Å². The maximum atomic E-state index is 12.6. The first-order valence-corrected chi connectivity index (χ1v) is 8.24. The van der Waals surface area contributed by atoms with Crippen LogP contribution in [0, 0.1) is 5.92 Å². The van der Waals surface area contributed by atoms with Gasteiger partial charge in [-0.05, 0) is 57.0 Å². The summed E-state index contributed by atoms with van der Waals surface area (Å²) in [6, 6.07) is 5.40. The van der Waals surface area contributed by atoms with Gasteiger partial charge in [0.1, 0.15) is 0 Å². The van der Waals surface area contributed by atoms with Crippen LogP contribution in [-0.2, 0) is 0 Å². The van der Waals surface area contributed by atoms with Gasteiger partial charge in [0.2, 0.25) is 0 Å². The number of hydrogen-bond donors (Lipinski definition) is 1. The van der Waals surface area contributed by atoms with Gasteiger partial charge in [0.05, 0.1) is 10.6 Å². The lowest BCUT2D eigenvalue weighted by molar-refractivity contribution is 0.0729. The Labute approximate surface area is 133 Å². The number of nitrogens with zero attached hydrogens (tertiary/aromatic N) is 1. The van der Waals surface area contributed by atoms with Gasteiger partial charge in [-0.25, -0.2) is 0 Å². The molecule has 0 spiro atoms. The predicted molar refractivity (Wildman–Crippen MR) is 86.3 cm³/mol. The average molecular weight is 360 g/mol. The number of hydrogen-bond acceptors (Lipinski definition) is 2. The molecule has 0 bridgehead atoms. The number of piperidine rings is 1. The molecule has 1 aromatic carbocycles. The molecule has 1 amide bonds. The van der Waals surface area contributed by atoms with Gasteiger partial charge in [0.25, 0.3) is 5.91 Å². The van der Waals surface area contributed by atoms with E-state index in [0.29, 0.717) is 23.0 Å². The molecule has 110 valence electrons. The smallest absolute Gasteiger partial charge is 0.255 e. The standard InChI is InChI=1S/C15H20BrClN2O/c1-2-19(10-11-4-3-7-18-9-11)15(20)13-8-12(16)5-6-14(13)17/h5-6,8,11,18H,2-4,7,9-10H2,1H3. The predicted octanol–water partition coefficient (Wildman–Crippen LogP) is 3.56. The molecule has 1 aliphatic rings. The topological polar surface area (TPSA) is 32.3 Å². The molecular weight excluding hydrogens is 340 g/mol. The maximum Gasteiger partial charge on any atom is 0.255 e. The van der Waals surface area contributed by atoms with Crippen molar-refractivity contribution in [3.63, 3.8) is 0 Å². The second-order valence-electron chi connectivity index (χ2n) is 5.18. The molecule has 1 saturated heterocycles. The molecule has 1 fully saturated rings. The lowest BCUT2D eigenvalue weighted by Crippen LogP contribution is -2.41. The SMILES string of the molecule is CCN(CC1CCCNC1)C(=O)c1cc(Br)ccc1Cl. The minimum atomic E-state index is 0.0179. The summed E-state index contributed by atoms with van der Waals surface area (Å²) in [5, 5.41) is 3.90. The molecule has 0 aromatic heterocycles. The highest BCUT2D eigenvalue weighted by Gasteiger charge is 2.22. The van der Waals surface area contributed by atoms with Gasteiger partial charge in [-0.3, -0.25) is 4.79 Å². The zero-order valence-corrected chi connectivity index (χ0v) is 14.0. The van der Waals surface area contributed by atoms with E-state index in [-0.39, 0.29) is 5.91 Å². The van der Waals surface area contributed by atoms with E-state index in [4.69, 9.17) is 11.6 Å². The average Bonchev–Trinajstić information content (AvgIpc) is 2.47. The van der Waals surface area contributed by atoms with Crippen molar-refractivity contribution in [2.45, 2.75) is 19.8 Å².